The quantitative estimate of drug-likeness (QED) is 0.437. The predicted molar refractivity (Wildman–Crippen MR) is 121 cm³/mol. The molecule has 1 aliphatic carbocycles. The van der Waals surface area contributed by atoms with E-state index in [0.717, 1.165) is 31.2 Å². The van der Waals surface area contributed by atoms with Crippen molar-refractivity contribution in [3.05, 3.63) is 29.6 Å². The topological polar surface area (TPSA) is 120 Å². The van der Waals surface area contributed by atoms with E-state index in [1.807, 2.05) is 0 Å². The van der Waals surface area contributed by atoms with E-state index in [1.165, 1.54) is 11.9 Å². The van der Waals surface area contributed by atoms with Gasteiger partial charge < -0.3 is 25.2 Å². The van der Waals surface area contributed by atoms with Crippen molar-refractivity contribution < 1.29 is 40.3 Å². The standard InChI is InChI=1S/C21H29F4N5O5S/c1-26-19(31)29-11-13(9-28-36(2,33)34)7-16(12-29)30(15-4-5-15)20(32)27-10-14-3-6-17(8-18(14)22)35-21(23,24)25/h3,6,8,13,15-16,28H,4-5,7,9-12H2,1-2H3,(H,26,31)(H,27,32)/t13-,16-/m1/s1. The fraction of sp³-hybridized carbons (Fsp3) is 0.619. The summed E-state index contributed by atoms with van der Waals surface area (Å²) in [4.78, 5) is 28.6. The Morgan fingerprint density at radius 1 is 1.19 bits per heavy atom. The van der Waals surface area contributed by atoms with Gasteiger partial charge in [-0.05, 0) is 31.2 Å². The lowest BCUT2D eigenvalue weighted by molar-refractivity contribution is -0.274. The fourth-order valence-electron chi connectivity index (χ4n) is 4.23. The number of piperidine rings is 1. The van der Waals surface area contributed by atoms with E-state index < -0.39 is 40.0 Å². The first kappa shape index (κ1) is 27.8. The summed E-state index contributed by atoms with van der Waals surface area (Å²) in [5.41, 5.74) is -0.0283. The molecular weight excluding hydrogens is 510 g/mol. The number of amides is 4. The molecular formula is C21H29F4N5O5S. The molecule has 1 saturated heterocycles. The van der Waals surface area contributed by atoms with Gasteiger partial charge in [-0.15, -0.1) is 13.2 Å². The number of halogens is 4. The highest BCUT2D eigenvalue weighted by molar-refractivity contribution is 7.88. The number of hydrogen-bond donors (Lipinski definition) is 3. The molecule has 3 N–H and O–H groups in total. The first-order valence-electron chi connectivity index (χ1n) is 11.3. The summed E-state index contributed by atoms with van der Waals surface area (Å²) >= 11 is 0. The Morgan fingerprint density at radius 2 is 1.89 bits per heavy atom. The predicted octanol–water partition coefficient (Wildman–Crippen LogP) is 1.98. The molecule has 3 rings (SSSR count). The summed E-state index contributed by atoms with van der Waals surface area (Å²) in [7, 11) is -1.98. The van der Waals surface area contributed by atoms with Crippen LogP contribution >= 0.6 is 0 Å². The number of hydrogen-bond acceptors (Lipinski definition) is 5. The minimum absolute atomic E-state index is 0.0283. The number of nitrogens with one attached hydrogen (secondary N) is 3. The summed E-state index contributed by atoms with van der Waals surface area (Å²) in [6.45, 7) is 0.360. The zero-order valence-electron chi connectivity index (χ0n) is 19.8. The Balaban J connectivity index is 1.69. The molecule has 1 aromatic rings. The van der Waals surface area contributed by atoms with E-state index in [9.17, 15) is 35.6 Å². The van der Waals surface area contributed by atoms with Crippen LogP contribution in [0.2, 0.25) is 0 Å². The van der Waals surface area contributed by atoms with Crippen LogP contribution in [-0.4, -0.2) is 81.7 Å². The molecule has 2 atom stereocenters. The van der Waals surface area contributed by atoms with Crippen LogP contribution < -0.4 is 20.1 Å². The first-order chi connectivity index (χ1) is 16.8. The van der Waals surface area contributed by atoms with Gasteiger partial charge in [0.05, 0.1) is 12.3 Å². The molecule has 2 aliphatic rings. The average molecular weight is 540 g/mol. The number of carbonyl (C=O) groups excluding carboxylic acids is 2. The monoisotopic (exact) mass is 539 g/mol. The Kier molecular flexibility index (Phi) is 8.54. The SMILES string of the molecule is CNC(=O)N1C[C@@H](CNS(C)(=O)=O)C[C@@H](N(C(=O)NCc2ccc(OC(F)(F)F)cc2F)C2CC2)C1. The van der Waals surface area contributed by atoms with Crippen molar-refractivity contribution in [3.8, 4) is 5.75 Å². The van der Waals surface area contributed by atoms with Crippen LogP contribution in [0.15, 0.2) is 18.2 Å². The largest absolute Gasteiger partial charge is 0.573 e. The van der Waals surface area contributed by atoms with E-state index in [2.05, 4.69) is 20.1 Å². The second-order valence-corrected chi connectivity index (χ2v) is 10.8. The number of carbonyl (C=O) groups is 2. The molecule has 0 spiro atoms. The number of rotatable bonds is 8. The smallest absolute Gasteiger partial charge is 0.406 e. The van der Waals surface area contributed by atoms with Gasteiger partial charge in [0.2, 0.25) is 10.0 Å². The van der Waals surface area contributed by atoms with E-state index in [4.69, 9.17) is 0 Å². The molecule has 36 heavy (non-hydrogen) atoms. The van der Waals surface area contributed by atoms with Crippen molar-refractivity contribution in [2.45, 2.75) is 44.3 Å². The van der Waals surface area contributed by atoms with Gasteiger partial charge in [0.1, 0.15) is 11.6 Å². The fourth-order valence-corrected chi connectivity index (χ4v) is 4.77. The number of alkyl halides is 3. The van der Waals surface area contributed by atoms with Crippen molar-refractivity contribution >= 4 is 22.1 Å². The number of benzene rings is 1. The third kappa shape index (κ3) is 8.11. The third-order valence-corrected chi connectivity index (χ3v) is 6.60. The number of nitrogens with zero attached hydrogens (tertiary/aromatic N) is 2. The van der Waals surface area contributed by atoms with Crippen molar-refractivity contribution in [1.82, 2.24) is 25.2 Å². The van der Waals surface area contributed by atoms with Gasteiger partial charge in [-0.1, -0.05) is 6.07 Å². The minimum atomic E-state index is -4.95. The van der Waals surface area contributed by atoms with E-state index in [0.29, 0.717) is 19.0 Å². The number of sulfonamides is 1. The van der Waals surface area contributed by atoms with Crippen LogP contribution in [0.5, 0.6) is 5.75 Å². The van der Waals surface area contributed by atoms with Crippen molar-refractivity contribution in [3.63, 3.8) is 0 Å². The molecule has 0 bridgehead atoms. The van der Waals surface area contributed by atoms with Gasteiger partial charge >= 0.3 is 18.4 Å². The van der Waals surface area contributed by atoms with Crippen LogP contribution in [0.3, 0.4) is 0 Å². The van der Waals surface area contributed by atoms with Gasteiger partial charge in [-0.3, -0.25) is 0 Å². The van der Waals surface area contributed by atoms with Crippen LogP contribution in [0.1, 0.15) is 24.8 Å². The van der Waals surface area contributed by atoms with Crippen LogP contribution in [0.4, 0.5) is 27.2 Å². The Bertz CT molecular complexity index is 1070. The second kappa shape index (κ2) is 11.1. The second-order valence-electron chi connectivity index (χ2n) is 8.93. The lowest BCUT2D eigenvalue weighted by Gasteiger charge is -2.42. The molecule has 10 nitrogen and oxygen atoms in total. The van der Waals surface area contributed by atoms with E-state index in [1.54, 1.807) is 4.90 Å². The summed E-state index contributed by atoms with van der Waals surface area (Å²) in [5, 5.41) is 5.15. The minimum Gasteiger partial charge on any atom is -0.406 e. The average Bonchev–Trinajstić information content (AvgIpc) is 3.60. The Hall–Kier alpha value is -2.81. The van der Waals surface area contributed by atoms with Crippen molar-refractivity contribution in [2.75, 3.05) is 32.9 Å². The third-order valence-electron chi connectivity index (χ3n) is 5.91. The Labute approximate surface area is 206 Å². The van der Waals surface area contributed by atoms with Crippen LogP contribution in [0, 0.1) is 11.7 Å². The lowest BCUT2D eigenvalue weighted by atomic mass is 9.93. The highest BCUT2D eigenvalue weighted by Crippen LogP contribution is 2.33. The highest BCUT2D eigenvalue weighted by Gasteiger charge is 2.42. The maximum Gasteiger partial charge on any atom is 0.573 e. The molecule has 1 saturated carbocycles. The number of ether oxygens (including phenoxy) is 1. The van der Waals surface area contributed by atoms with E-state index >= 15 is 0 Å². The van der Waals surface area contributed by atoms with Gasteiger partial charge in [0.25, 0.3) is 0 Å². The summed E-state index contributed by atoms with van der Waals surface area (Å²) in [6.07, 6.45) is -1.99. The van der Waals surface area contributed by atoms with Crippen LogP contribution in [0.25, 0.3) is 0 Å². The van der Waals surface area contributed by atoms with Crippen molar-refractivity contribution in [2.24, 2.45) is 5.92 Å². The summed E-state index contributed by atoms with van der Waals surface area (Å²) in [6, 6.07) is 1.28. The molecule has 1 heterocycles. The molecule has 0 radical (unpaired) electrons. The summed E-state index contributed by atoms with van der Waals surface area (Å²) in [5.74, 6) is -1.92. The molecule has 4 amide bonds. The maximum atomic E-state index is 14.3. The zero-order valence-corrected chi connectivity index (χ0v) is 20.6. The van der Waals surface area contributed by atoms with Gasteiger partial charge in [0.15, 0.2) is 0 Å². The summed E-state index contributed by atoms with van der Waals surface area (Å²) < 4.78 is 80.6. The maximum absolute atomic E-state index is 14.3. The molecule has 15 heteroatoms. The van der Waals surface area contributed by atoms with Gasteiger partial charge in [-0.2, -0.15) is 0 Å². The first-order valence-corrected chi connectivity index (χ1v) is 13.2. The molecule has 2 fully saturated rings. The van der Waals surface area contributed by atoms with Crippen molar-refractivity contribution in [1.29, 1.82) is 0 Å². The molecule has 1 aliphatic heterocycles. The normalized spacial score (nSPS) is 20.6. The molecule has 0 aromatic heterocycles. The van der Waals surface area contributed by atoms with Gasteiger partial charge in [0, 0.05) is 50.9 Å². The van der Waals surface area contributed by atoms with Gasteiger partial charge in [-0.25, -0.2) is 27.1 Å². The van der Waals surface area contributed by atoms with E-state index in [-0.39, 0.29) is 43.2 Å². The number of likely N-dealkylation sites (tertiary alicyclic amines) is 1. The zero-order chi connectivity index (χ0) is 26.7. The van der Waals surface area contributed by atoms with Crippen LogP contribution in [-0.2, 0) is 16.6 Å². The molecule has 1 aromatic carbocycles. The number of urea groups is 2. The Morgan fingerprint density at radius 3 is 2.44 bits per heavy atom. The highest BCUT2D eigenvalue weighted by atomic mass is 32.2. The lowest BCUT2D eigenvalue weighted by Crippen LogP contribution is -2.59. The molecule has 0 unspecified atom stereocenters. The molecule has 202 valence electrons.